The van der Waals surface area contributed by atoms with Crippen molar-refractivity contribution < 1.29 is 36.3 Å². The maximum Gasteiger partial charge on any atom is 0.321 e. The summed E-state index contributed by atoms with van der Waals surface area (Å²) in [6.07, 6.45) is -2.84. The molecule has 16 heteroatoms. The number of amides is 2. The minimum absolute atomic E-state index is 0.0123. The van der Waals surface area contributed by atoms with Crippen LogP contribution in [0.5, 0.6) is 5.75 Å². The molecule has 0 atom stereocenters. The monoisotopic (exact) mass is 663 g/mol. The molecule has 0 fully saturated rings. The van der Waals surface area contributed by atoms with Gasteiger partial charge in [0.05, 0.1) is 37.4 Å². The second-order valence-corrected chi connectivity index (χ2v) is 10.4. The van der Waals surface area contributed by atoms with E-state index in [4.69, 9.17) is 39.5 Å². The SMILES string of the molecule is Cn1c(Nc2c(Cl)ccc(CNC(=O)C(C)(F)F)c2Cl)nc2cc(C(=O)Nc3ccc(F)c(Cl)c3)c(OCC(F)F)cc21. The predicted octanol–water partition coefficient (Wildman–Crippen LogP) is 7.58. The second kappa shape index (κ2) is 12.8. The number of imidazole rings is 1. The highest BCUT2D eigenvalue weighted by atomic mass is 35.5. The predicted molar refractivity (Wildman–Crippen MR) is 154 cm³/mol. The Bertz CT molecular complexity index is 1710. The van der Waals surface area contributed by atoms with Gasteiger partial charge in [-0.25, -0.2) is 18.2 Å². The summed E-state index contributed by atoms with van der Waals surface area (Å²) in [5.74, 6) is -6.60. The first-order valence-electron chi connectivity index (χ1n) is 12.2. The highest BCUT2D eigenvalue weighted by Gasteiger charge is 2.32. The molecule has 43 heavy (non-hydrogen) atoms. The highest BCUT2D eigenvalue weighted by molar-refractivity contribution is 6.39. The van der Waals surface area contributed by atoms with Crippen molar-refractivity contribution in [2.45, 2.75) is 25.8 Å². The van der Waals surface area contributed by atoms with Gasteiger partial charge in [-0.15, -0.1) is 0 Å². The molecule has 4 aromatic rings. The Morgan fingerprint density at radius 3 is 2.44 bits per heavy atom. The smallest absolute Gasteiger partial charge is 0.321 e. The van der Waals surface area contributed by atoms with Crippen LogP contribution in [-0.4, -0.2) is 40.3 Å². The number of rotatable bonds is 10. The summed E-state index contributed by atoms with van der Waals surface area (Å²) >= 11 is 18.6. The zero-order valence-electron chi connectivity index (χ0n) is 22.2. The van der Waals surface area contributed by atoms with Crippen LogP contribution in [0, 0.1) is 5.82 Å². The molecule has 3 aromatic carbocycles. The number of nitrogens with one attached hydrogen (secondary N) is 3. The molecule has 0 aliphatic rings. The number of hydrogen-bond acceptors (Lipinski definition) is 5. The first-order chi connectivity index (χ1) is 20.1. The number of benzene rings is 3. The van der Waals surface area contributed by atoms with Crippen molar-refractivity contribution in [2.75, 3.05) is 17.2 Å². The Balaban J connectivity index is 1.69. The van der Waals surface area contributed by atoms with E-state index in [0.29, 0.717) is 12.4 Å². The number of aryl methyl sites for hydroxylation is 1. The van der Waals surface area contributed by atoms with Gasteiger partial charge in [0.2, 0.25) is 5.95 Å². The lowest BCUT2D eigenvalue weighted by Crippen LogP contribution is -2.37. The molecule has 3 N–H and O–H groups in total. The number of carbonyl (C=O) groups is 2. The minimum Gasteiger partial charge on any atom is -0.487 e. The Kier molecular flexibility index (Phi) is 9.57. The minimum atomic E-state index is -3.59. The van der Waals surface area contributed by atoms with Crippen molar-refractivity contribution in [1.29, 1.82) is 0 Å². The standard InChI is InChI=1S/C27H21Cl3F5N5O3/c1-27(34,35)25(42)36-10-12-3-5-15(28)23(22(12)30)39-26-38-18-8-14(20(43-11-21(32)33)9-19(18)40(26)2)24(41)37-13-4-6-17(31)16(29)7-13/h3-9,21H,10-11H2,1-2H3,(H,36,42)(H,37,41)(H,38,39). The third-order valence-corrected chi connectivity index (χ3v) is 7.05. The van der Waals surface area contributed by atoms with E-state index >= 15 is 0 Å². The molecule has 2 amide bonds. The molecule has 228 valence electrons. The molecule has 4 rings (SSSR count). The Morgan fingerprint density at radius 1 is 1.07 bits per heavy atom. The topological polar surface area (TPSA) is 97.3 Å². The molecule has 0 saturated heterocycles. The van der Waals surface area contributed by atoms with Gasteiger partial charge in [-0.2, -0.15) is 8.78 Å². The summed E-state index contributed by atoms with van der Waals surface area (Å²) in [5, 5.41) is 7.45. The number of hydrogen-bond donors (Lipinski definition) is 3. The summed E-state index contributed by atoms with van der Waals surface area (Å²) in [7, 11) is 1.57. The van der Waals surface area contributed by atoms with E-state index in [1.807, 2.05) is 0 Å². The fourth-order valence-corrected chi connectivity index (χ4v) is 4.55. The number of carbonyl (C=O) groups excluding carboxylic acids is 2. The summed E-state index contributed by atoms with van der Waals surface area (Å²) < 4.78 is 72.8. The van der Waals surface area contributed by atoms with Crippen LogP contribution in [0.2, 0.25) is 15.1 Å². The fraction of sp³-hybridized carbons (Fsp3) is 0.222. The lowest BCUT2D eigenvalue weighted by atomic mass is 10.1. The van der Waals surface area contributed by atoms with Gasteiger partial charge < -0.3 is 25.3 Å². The third-order valence-electron chi connectivity index (χ3n) is 6.02. The average Bonchev–Trinajstić information content (AvgIpc) is 3.24. The molecule has 1 heterocycles. The van der Waals surface area contributed by atoms with Crippen molar-refractivity contribution in [1.82, 2.24) is 14.9 Å². The molecule has 8 nitrogen and oxygen atoms in total. The van der Waals surface area contributed by atoms with Crippen molar-refractivity contribution in [3.8, 4) is 5.75 Å². The number of anilines is 3. The third kappa shape index (κ3) is 7.40. The van der Waals surface area contributed by atoms with Crippen LogP contribution in [0.1, 0.15) is 22.8 Å². The van der Waals surface area contributed by atoms with Crippen molar-refractivity contribution in [3.05, 3.63) is 74.5 Å². The highest BCUT2D eigenvalue weighted by Crippen LogP contribution is 2.37. The largest absolute Gasteiger partial charge is 0.487 e. The first-order valence-corrected chi connectivity index (χ1v) is 13.4. The summed E-state index contributed by atoms with van der Waals surface area (Å²) in [5.41, 5.74) is 0.985. The van der Waals surface area contributed by atoms with Gasteiger partial charge in [0.15, 0.2) is 0 Å². The first kappa shape index (κ1) is 32.1. The van der Waals surface area contributed by atoms with Crippen LogP contribution in [0.15, 0.2) is 42.5 Å². The summed E-state index contributed by atoms with van der Waals surface area (Å²) in [6, 6.07) is 9.02. The number of nitrogens with zero attached hydrogens (tertiary/aromatic N) is 2. The van der Waals surface area contributed by atoms with Crippen LogP contribution in [0.3, 0.4) is 0 Å². The molecule has 0 spiro atoms. The fourth-order valence-electron chi connectivity index (χ4n) is 3.84. The zero-order chi connectivity index (χ0) is 31.6. The van der Waals surface area contributed by atoms with E-state index in [0.717, 1.165) is 6.07 Å². The van der Waals surface area contributed by atoms with Crippen LogP contribution in [-0.2, 0) is 18.4 Å². The van der Waals surface area contributed by atoms with Crippen LogP contribution < -0.4 is 20.7 Å². The van der Waals surface area contributed by atoms with E-state index in [1.54, 1.807) is 7.05 Å². The van der Waals surface area contributed by atoms with E-state index in [2.05, 4.69) is 20.9 Å². The normalized spacial score (nSPS) is 11.6. The summed E-state index contributed by atoms with van der Waals surface area (Å²) in [4.78, 5) is 29.2. The van der Waals surface area contributed by atoms with Crippen molar-refractivity contribution in [2.24, 2.45) is 7.05 Å². The number of alkyl halides is 4. The van der Waals surface area contributed by atoms with E-state index in [1.165, 1.54) is 41.0 Å². The molecule has 0 radical (unpaired) electrons. The molecular formula is C27H21Cl3F5N5O3. The average molecular weight is 665 g/mol. The molecule has 0 bridgehead atoms. The van der Waals surface area contributed by atoms with Crippen molar-refractivity contribution in [3.63, 3.8) is 0 Å². The van der Waals surface area contributed by atoms with Gasteiger partial charge in [-0.3, -0.25) is 9.59 Å². The molecular weight excluding hydrogens is 644 g/mol. The van der Waals surface area contributed by atoms with Gasteiger partial charge >= 0.3 is 5.92 Å². The van der Waals surface area contributed by atoms with E-state index in [-0.39, 0.29) is 61.3 Å². The maximum absolute atomic E-state index is 13.5. The van der Waals surface area contributed by atoms with Gasteiger partial charge in [-0.1, -0.05) is 40.9 Å². The molecule has 1 aromatic heterocycles. The van der Waals surface area contributed by atoms with Crippen molar-refractivity contribution >= 4 is 75.0 Å². The zero-order valence-corrected chi connectivity index (χ0v) is 24.4. The quantitative estimate of drug-likeness (QED) is 0.152. The lowest BCUT2D eigenvalue weighted by molar-refractivity contribution is -0.143. The van der Waals surface area contributed by atoms with Gasteiger partial charge in [-0.05, 0) is 35.9 Å². The maximum atomic E-state index is 13.5. The molecule has 0 saturated carbocycles. The molecule has 0 aliphatic carbocycles. The van der Waals surface area contributed by atoms with Crippen LogP contribution >= 0.6 is 34.8 Å². The molecule has 0 aliphatic heterocycles. The Labute approximate surface area is 256 Å². The number of ether oxygens (including phenoxy) is 1. The van der Waals surface area contributed by atoms with Gasteiger partial charge in [0.25, 0.3) is 18.2 Å². The number of aromatic nitrogens is 2. The lowest BCUT2D eigenvalue weighted by Gasteiger charge is -2.15. The molecule has 0 unspecified atom stereocenters. The Morgan fingerprint density at radius 2 is 1.79 bits per heavy atom. The number of halogens is 8. The van der Waals surface area contributed by atoms with E-state index < -0.39 is 36.6 Å². The van der Waals surface area contributed by atoms with E-state index in [9.17, 15) is 31.5 Å². The van der Waals surface area contributed by atoms with Gasteiger partial charge in [0.1, 0.15) is 18.2 Å². The summed E-state index contributed by atoms with van der Waals surface area (Å²) in [6.45, 7) is -0.865. The van der Waals surface area contributed by atoms with Crippen LogP contribution in [0.25, 0.3) is 11.0 Å². The Hall–Kier alpha value is -3.81. The van der Waals surface area contributed by atoms with Gasteiger partial charge in [0, 0.05) is 32.3 Å². The number of fused-ring (bicyclic) bond motifs is 1. The second-order valence-electron chi connectivity index (χ2n) is 9.21. The van der Waals surface area contributed by atoms with Crippen LogP contribution in [0.4, 0.5) is 39.3 Å².